The Morgan fingerprint density at radius 3 is 1.85 bits per heavy atom. The quantitative estimate of drug-likeness (QED) is 0.00820. The van der Waals surface area contributed by atoms with Crippen LogP contribution in [0.2, 0.25) is 0 Å². The third-order valence-corrected chi connectivity index (χ3v) is 30.5. The van der Waals surface area contributed by atoms with Crippen molar-refractivity contribution >= 4 is 131 Å². The second-order valence-electron chi connectivity index (χ2n) is 25.9. The van der Waals surface area contributed by atoms with Crippen LogP contribution in [0.1, 0.15) is 121 Å². The van der Waals surface area contributed by atoms with Gasteiger partial charge in [-0.15, -0.1) is 0 Å². The molecule has 0 bridgehead atoms. The number of nitrogens with zero attached hydrogens (tertiary/aromatic N) is 3. The highest BCUT2D eigenvalue weighted by Gasteiger charge is 2.51. The number of rotatable bonds is 42. The fraction of sp³-hybridized carbons (Fsp3) is 0.500. The topological polar surface area (TPSA) is 683 Å². The maximum Gasteiger partial charge on any atom is 0.490 e. The van der Waals surface area contributed by atoms with Crippen molar-refractivity contribution in [3.8, 4) is 0 Å². The molecule has 7 unspecified atom stereocenters. The summed E-state index contributed by atoms with van der Waals surface area (Å²) in [5, 5.41) is 12.9. The van der Waals surface area contributed by atoms with E-state index in [-0.39, 0.29) is 86.8 Å². The lowest BCUT2D eigenvalue weighted by atomic mass is 9.77. The lowest BCUT2D eigenvalue weighted by Crippen LogP contribution is -2.33. The number of hydrogen-bond donors (Lipinski definition) is 13. The van der Waals surface area contributed by atoms with Gasteiger partial charge in [-0.3, -0.25) is 46.4 Å². The normalized spacial score (nSPS) is 22.1. The van der Waals surface area contributed by atoms with Crippen molar-refractivity contribution < 1.29 is 171 Å². The highest BCUT2D eigenvalue weighted by Crippen LogP contribution is 2.75. The van der Waals surface area contributed by atoms with Crippen molar-refractivity contribution in [1.82, 2.24) is 14.9 Å². The Kier molecular flexibility index (Phi) is 30.2. The van der Waals surface area contributed by atoms with E-state index in [1.54, 1.807) is 60.6 Å². The molecule has 0 radical (unpaired) electrons. The molecular formula is C56H79N5O39P6S5. The van der Waals surface area contributed by atoms with Crippen molar-refractivity contribution in [3.63, 3.8) is 0 Å². The third-order valence-electron chi connectivity index (χ3n) is 17.1. The van der Waals surface area contributed by atoms with E-state index in [9.17, 15) is 141 Å². The number of ether oxygens (including phenoxy) is 1. The lowest BCUT2D eigenvalue weighted by Gasteiger charge is -2.30. The van der Waals surface area contributed by atoms with Crippen molar-refractivity contribution in [2.24, 2.45) is 0 Å². The zero-order valence-corrected chi connectivity index (χ0v) is 68.0. The number of fused-ring (bicyclic) bond motifs is 4. The smallest absolute Gasteiger partial charge is 0.490 e. The van der Waals surface area contributed by atoms with Crippen LogP contribution >= 0.6 is 46.9 Å². The maximum atomic E-state index is 12.9. The number of unbranched alkanes of at least 4 members (excludes halogenated alkanes) is 5. The second kappa shape index (κ2) is 35.9. The molecule has 1 amide bonds. The first-order chi connectivity index (χ1) is 50.8. The Balaban J connectivity index is 0.908. The molecule has 622 valence electrons. The number of H-pyrrole nitrogens is 1. The highest BCUT2D eigenvalue weighted by atomic mass is 32.2. The van der Waals surface area contributed by atoms with Gasteiger partial charge in [0, 0.05) is 84.0 Å². The molecule has 0 spiro atoms. The number of benzene rings is 3. The summed E-state index contributed by atoms with van der Waals surface area (Å²) in [5.41, 5.74) is -1.78. The molecule has 0 aliphatic carbocycles. The molecule has 13 N–H and O–H groups in total. The molecule has 3 aliphatic heterocycles. The number of aromatic nitrogens is 2. The molecule has 1 fully saturated rings. The lowest BCUT2D eigenvalue weighted by molar-refractivity contribution is -0.437. The van der Waals surface area contributed by atoms with Gasteiger partial charge in [-0.25, -0.2) is 40.6 Å². The van der Waals surface area contributed by atoms with Crippen LogP contribution in [-0.2, 0) is 129 Å². The summed E-state index contributed by atoms with van der Waals surface area (Å²) in [6.45, 7) is 4.54. The van der Waals surface area contributed by atoms with Gasteiger partial charge in [-0.2, -0.15) is 59.8 Å². The number of aromatic amines is 1. The summed E-state index contributed by atoms with van der Waals surface area (Å²) in [6, 6.07) is 8.01. The standard InChI is InChI=1S/C56H79N5O39P6S5/c1-37-35-61(54(65)58-53(37)64)51-34-45(62)46(95-51)36-94-102(68,69)97-104(72,73)99-106(76,77)100-105(74,75)98-103(70,71)96-101(66,67)93-28-14-6-5-13-25-57-50(63)19-11-8-12-24-56(4)42-32-38(109(84,85)86)20-22-43(42)59(26-15-29-107(78,79)80)49(56)18-10-7-9-17-48-55(2,3)52-41-31-39(110(87,88)89)33-47(111(90,91)92)40(41)21-23-44(52)60(48)27-16-30-108(81,82)83/h7,9-10,17-18,20-23,31-33,35,45-46,51,62H,5-6,8,11-16,19,24-30,34,36H2,1-4H3,(H12-,57,58,63,64,65,66,67,68,69,70,71,72,73,74,75,76,77,78,79,80,81,82,83,84,85,86,87,88,89,90,91,92)/t45-,46+,51+,56?/m0/s1. The summed E-state index contributed by atoms with van der Waals surface area (Å²) in [6.07, 6.45) is 5.97. The Labute approximate surface area is 634 Å². The number of nitrogens with one attached hydrogen (secondary N) is 2. The summed E-state index contributed by atoms with van der Waals surface area (Å²) < 4.78 is 285. The van der Waals surface area contributed by atoms with E-state index < -0.39 is 177 Å². The average Bonchev–Trinajstić information content (AvgIpc) is 1.58. The highest BCUT2D eigenvalue weighted by molar-refractivity contribution is 7.87. The third kappa shape index (κ3) is 26.3. The van der Waals surface area contributed by atoms with Gasteiger partial charge in [0.15, 0.2) is 5.71 Å². The van der Waals surface area contributed by atoms with Gasteiger partial charge in [-0.05, 0) is 113 Å². The number of phosphoric ester groups is 2. The molecule has 0 saturated carbocycles. The van der Waals surface area contributed by atoms with E-state index in [0.717, 1.165) is 22.9 Å². The molecule has 55 heteroatoms. The van der Waals surface area contributed by atoms with Crippen molar-refractivity contribution in [2.75, 3.05) is 49.3 Å². The monoisotopic (exact) mass is 1790 g/mol. The van der Waals surface area contributed by atoms with E-state index in [1.165, 1.54) is 31.2 Å². The Bertz CT molecular complexity index is 5420. The molecular weight excluding hydrogens is 1710 g/mol. The van der Waals surface area contributed by atoms with Crippen LogP contribution in [0.25, 0.3) is 10.8 Å². The van der Waals surface area contributed by atoms with Crippen LogP contribution in [0.4, 0.5) is 11.4 Å². The van der Waals surface area contributed by atoms with Gasteiger partial charge in [-0.1, -0.05) is 43.9 Å². The number of aryl methyl sites for hydroxylation is 1. The predicted molar refractivity (Wildman–Crippen MR) is 385 cm³/mol. The molecule has 1 saturated heterocycles. The van der Waals surface area contributed by atoms with Gasteiger partial charge >= 0.3 is 52.6 Å². The fourth-order valence-corrected chi connectivity index (χ4v) is 23.0. The number of carbonyl (C=O) groups is 1. The second-order valence-corrected chi connectivity index (χ2v) is 42.6. The molecule has 3 aliphatic rings. The van der Waals surface area contributed by atoms with E-state index in [2.05, 4.69) is 35.9 Å². The van der Waals surface area contributed by atoms with E-state index in [0.29, 0.717) is 72.1 Å². The SMILES string of the molecule is Cc1cn([C@H]2C[C@H](O)[C@@H](COP(=O)(O)OP(=O)(O)OP(=O)(O)OP(=O)(O)OP(=O)(O)OP(=O)(O)OCCCCCCNC(=O)CCCCCC3(C)C(=CC=CC=CC4=[N+](CCCS(=O)(=O)O)c5ccc6c(S(=O)(=O)O)cc(S(=O)(=O)O)cc6c5C4(C)C)N(CCCS(=O)(=O)O)c4ccc(S(=O)(=O)[O-])cc43)O2)c(=O)[nH]c1=O. The summed E-state index contributed by atoms with van der Waals surface area (Å²) >= 11 is 0. The number of phosphoric acid groups is 6. The zero-order valence-electron chi connectivity index (χ0n) is 58.6. The first kappa shape index (κ1) is 93.3. The molecule has 3 aromatic carbocycles. The van der Waals surface area contributed by atoms with E-state index >= 15 is 0 Å². The Morgan fingerprint density at radius 1 is 0.685 bits per heavy atom. The van der Waals surface area contributed by atoms with Crippen molar-refractivity contribution in [3.05, 3.63) is 122 Å². The summed E-state index contributed by atoms with van der Waals surface area (Å²) in [4.78, 5) is 97.7. The maximum absolute atomic E-state index is 12.9. The van der Waals surface area contributed by atoms with Crippen molar-refractivity contribution in [2.45, 2.75) is 149 Å². The average molecular weight is 1790 g/mol. The number of aliphatic hydroxyl groups is 1. The number of hydrogen-bond acceptors (Lipinski definition) is 30. The Hall–Kier alpha value is -4.91. The number of aliphatic hydroxyl groups excluding tert-OH is 1. The minimum Gasteiger partial charge on any atom is -0.744 e. The Morgan fingerprint density at radius 2 is 1.26 bits per heavy atom. The van der Waals surface area contributed by atoms with Crippen LogP contribution in [-0.4, -0.2) is 182 Å². The van der Waals surface area contributed by atoms with Crippen LogP contribution in [0.15, 0.2) is 109 Å². The van der Waals surface area contributed by atoms with Gasteiger partial charge in [0.25, 0.3) is 46.0 Å². The molecule has 7 rings (SSSR count). The van der Waals surface area contributed by atoms with E-state index in [1.807, 2.05) is 4.98 Å². The largest absolute Gasteiger partial charge is 0.744 e. The van der Waals surface area contributed by atoms with Gasteiger partial charge in [0.1, 0.15) is 33.9 Å². The van der Waals surface area contributed by atoms with E-state index in [4.69, 9.17) is 4.74 Å². The fourth-order valence-electron chi connectivity index (χ4n) is 12.4. The van der Waals surface area contributed by atoms with Crippen LogP contribution in [0.5, 0.6) is 0 Å². The number of anilines is 1. The number of amides is 1. The van der Waals surface area contributed by atoms with Gasteiger partial charge in [0.05, 0.1) is 46.0 Å². The molecule has 44 nitrogen and oxygen atoms in total. The first-order valence-corrected chi connectivity index (χ1v) is 49.0. The summed E-state index contributed by atoms with van der Waals surface area (Å²) in [5.74, 6) is -1.76. The molecule has 1 aromatic heterocycles. The minimum atomic E-state index is -6.60. The van der Waals surface area contributed by atoms with Gasteiger partial charge < -0.3 is 54.0 Å². The molecule has 10 atom stereocenters. The zero-order chi connectivity index (χ0) is 83.3. The molecule has 111 heavy (non-hydrogen) atoms. The first-order valence-electron chi connectivity index (χ1n) is 32.5. The van der Waals surface area contributed by atoms with Crippen LogP contribution in [0, 0.1) is 6.92 Å². The van der Waals surface area contributed by atoms with Crippen LogP contribution in [0.3, 0.4) is 0 Å². The molecule has 4 aromatic rings. The van der Waals surface area contributed by atoms with Crippen molar-refractivity contribution in [1.29, 1.82) is 0 Å². The van der Waals surface area contributed by atoms with Crippen LogP contribution < -0.4 is 21.5 Å². The molecule has 4 heterocycles. The number of carbonyl (C=O) groups excluding carboxylic acids is 1. The van der Waals surface area contributed by atoms with Gasteiger partial charge in [0.2, 0.25) is 11.6 Å². The summed E-state index contributed by atoms with van der Waals surface area (Å²) in [7, 11) is -61.9. The number of allylic oxidation sites excluding steroid dienone is 6. The minimum absolute atomic E-state index is 0.00775. The predicted octanol–water partition coefficient (Wildman–Crippen LogP) is 5.80.